The number of nitrogens with two attached hydrogens (primary N) is 1. The summed E-state index contributed by atoms with van der Waals surface area (Å²) >= 11 is 0. The number of nitrogens with one attached hydrogen (secondary N) is 2. The summed E-state index contributed by atoms with van der Waals surface area (Å²) in [5.74, 6) is -0.397. The molecule has 2 amide bonds. The SMILES string of the molecule is CNC(=O)Cn1cc(NC(=O)c2ccc(CN)cc2)cn1. The Morgan fingerprint density at radius 2 is 2.00 bits per heavy atom. The van der Waals surface area contributed by atoms with Crippen molar-refractivity contribution in [2.24, 2.45) is 5.73 Å². The van der Waals surface area contributed by atoms with Crippen LogP contribution in [0.1, 0.15) is 15.9 Å². The zero-order valence-corrected chi connectivity index (χ0v) is 11.7. The molecular weight excluding hydrogens is 270 g/mol. The van der Waals surface area contributed by atoms with E-state index in [4.69, 9.17) is 5.73 Å². The lowest BCUT2D eigenvalue weighted by molar-refractivity contribution is -0.121. The van der Waals surface area contributed by atoms with Crippen LogP contribution in [0, 0.1) is 0 Å². The summed E-state index contributed by atoms with van der Waals surface area (Å²) in [4.78, 5) is 23.3. The van der Waals surface area contributed by atoms with E-state index in [1.807, 2.05) is 12.1 Å². The molecule has 0 aliphatic rings. The molecule has 0 atom stereocenters. The first-order valence-corrected chi connectivity index (χ1v) is 6.45. The zero-order valence-electron chi connectivity index (χ0n) is 11.7. The van der Waals surface area contributed by atoms with Crippen LogP contribution in [0.4, 0.5) is 5.69 Å². The molecule has 0 radical (unpaired) electrons. The summed E-state index contributed by atoms with van der Waals surface area (Å²) in [7, 11) is 1.56. The number of amides is 2. The molecule has 110 valence electrons. The van der Waals surface area contributed by atoms with E-state index in [0.29, 0.717) is 17.8 Å². The predicted octanol–water partition coefficient (Wildman–Crippen LogP) is 0.340. The summed E-state index contributed by atoms with van der Waals surface area (Å²) in [6, 6.07) is 7.05. The highest BCUT2D eigenvalue weighted by Crippen LogP contribution is 2.09. The molecule has 1 heterocycles. The third-order valence-electron chi connectivity index (χ3n) is 2.93. The van der Waals surface area contributed by atoms with Crippen LogP contribution in [0.25, 0.3) is 0 Å². The van der Waals surface area contributed by atoms with E-state index < -0.39 is 0 Å². The number of carbonyl (C=O) groups excluding carboxylic acids is 2. The molecule has 0 spiro atoms. The van der Waals surface area contributed by atoms with E-state index in [9.17, 15) is 9.59 Å². The highest BCUT2D eigenvalue weighted by Gasteiger charge is 2.08. The molecule has 21 heavy (non-hydrogen) atoms. The molecule has 0 unspecified atom stereocenters. The van der Waals surface area contributed by atoms with Gasteiger partial charge in [-0.25, -0.2) is 0 Å². The first kappa shape index (κ1) is 14.7. The van der Waals surface area contributed by atoms with Crippen molar-refractivity contribution in [2.45, 2.75) is 13.1 Å². The lowest BCUT2D eigenvalue weighted by Gasteiger charge is -2.03. The third-order valence-corrected chi connectivity index (χ3v) is 2.93. The summed E-state index contributed by atoms with van der Waals surface area (Å²) < 4.78 is 1.45. The van der Waals surface area contributed by atoms with Gasteiger partial charge in [0.2, 0.25) is 5.91 Å². The van der Waals surface area contributed by atoms with Gasteiger partial charge in [0.15, 0.2) is 0 Å². The average Bonchev–Trinajstić information content (AvgIpc) is 2.94. The van der Waals surface area contributed by atoms with Gasteiger partial charge < -0.3 is 16.4 Å². The van der Waals surface area contributed by atoms with E-state index in [1.54, 1.807) is 25.4 Å². The smallest absolute Gasteiger partial charge is 0.255 e. The van der Waals surface area contributed by atoms with Crippen molar-refractivity contribution in [1.29, 1.82) is 0 Å². The molecule has 1 aromatic heterocycles. The molecule has 0 aliphatic heterocycles. The Morgan fingerprint density at radius 1 is 1.29 bits per heavy atom. The maximum Gasteiger partial charge on any atom is 0.255 e. The summed E-state index contributed by atoms with van der Waals surface area (Å²) in [5, 5.41) is 9.23. The Balaban J connectivity index is 2.00. The fourth-order valence-electron chi connectivity index (χ4n) is 1.74. The molecule has 2 rings (SSSR count). The van der Waals surface area contributed by atoms with Crippen LogP contribution in [-0.2, 0) is 17.9 Å². The molecule has 2 aromatic rings. The van der Waals surface area contributed by atoms with Crippen LogP contribution in [0.15, 0.2) is 36.7 Å². The summed E-state index contributed by atoms with van der Waals surface area (Å²) in [6.07, 6.45) is 3.09. The van der Waals surface area contributed by atoms with Crippen LogP contribution in [0.3, 0.4) is 0 Å². The van der Waals surface area contributed by atoms with Crippen molar-refractivity contribution >= 4 is 17.5 Å². The van der Waals surface area contributed by atoms with Gasteiger partial charge in [-0.15, -0.1) is 0 Å². The highest BCUT2D eigenvalue weighted by molar-refractivity contribution is 6.04. The van der Waals surface area contributed by atoms with E-state index in [2.05, 4.69) is 15.7 Å². The number of anilines is 1. The number of benzene rings is 1. The highest BCUT2D eigenvalue weighted by atomic mass is 16.2. The largest absolute Gasteiger partial charge is 0.358 e. The van der Waals surface area contributed by atoms with Crippen molar-refractivity contribution < 1.29 is 9.59 Å². The number of carbonyl (C=O) groups is 2. The van der Waals surface area contributed by atoms with Crippen molar-refractivity contribution in [2.75, 3.05) is 12.4 Å². The second-order valence-electron chi connectivity index (χ2n) is 4.45. The van der Waals surface area contributed by atoms with E-state index in [1.165, 1.54) is 10.9 Å². The quantitative estimate of drug-likeness (QED) is 0.738. The summed E-state index contributed by atoms with van der Waals surface area (Å²) in [6.45, 7) is 0.547. The molecule has 7 nitrogen and oxygen atoms in total. The second kappa shape index (κ2) is 6.67. The van der Waals surface area contributed by atoms with E-state index >= 15 is 0 Å². The minimum atomic E-state index is -0.238. The second-order valence-corrected chi connectivity index (χ2v) is 4.45. The van der Waals surface area contributed by atoms with Gasteiger partial charge in [-0.2, -0.15) is 5.10 Å². The normalized spacial score (nSPS) is 10.2. The van der Waals surface area contributed by atoms with Gasteiger partial charge in [0.1, 0.15) is 6.54 Å². The monoisotopic (exact) mass is 287 g/mol. The lowest BCUT2D eigenvalue weighted by atomic mass is 10.1. The molecule has 0 saturated carbocycles. The van der Waals surface area contributed by atoms with Crippen molar-refractivity contribution in [3.63, 3.8) is 0 Å². The van der Waals surface area contributed by atoms with Gasteiger partial charge >= 0.3 is 0 Å². The number of likely N-dealkylation sites (N-methyl/N-ethyl adjacent to an activating group) is 1. The van der Waals surface area contributed by atoms with Gasteiger partial charge in [0.05, 0.1) is 11.9 Å². The van der Waals surface area contributed by atoms with Gasteiger partial charge in [-0.1, -0.05) is 12.1 Å². The van der Waals surface area contributed by atoms with Crippen LogP contribution in [-0.4, -0.2) is 28.6 Å². The maximum atomic E-state index is 12.0. The summed E-state index contributed by atoms with van der Waals surface area (Å²) in [5.41, 5.74) is 7.54. The molecule has 0 saturated heterocycles. The lowest BCUT2D eigenvalue weighted by Crippen LogP contribution is -2.23. The van der Waals surface area contributed by atoms with Gasteiger partial charge in [0, 0.05) is 25.4 Å². The number of rotatable bonds is 5. The van der Waals surface area contributed by atoms with Gasteiger partial charge in [-0.05, 0) is 17.7 Å². The minimum Gasteiger partial charge on any atom is -0.358 e. The minimum absolute atomic E-state index is 0.109. The van der Waals surface area contributed by atoms with Crippen LogP contribution >= 0.6 is 0 Å². The van der Waals surface area contributed by atoms with Crippen molar-refractivity contribution in [1.82, 2.24) is 15.1 Å². The first-order valence-electron chi connectivity index (χ1n) is 6.45. The Kier molecular flexibility index (Phi) is 4.68. The standard InChI is InChI=1S/C14H17N5O2/c1-16-13(20)9-19-8-12(7-17-19)18-14(21)11-4-2-10(6-15)3-5-11/h2-5,7-8H,6,9,15H2,1H3,(H,16,20)(H,18,21). The molecule has 4 N–H and O–H groups in total. The van der Waals surface area contributed by atoms with E-state index in [0.717, 1.165) is 5.56 Å². The van der Waals surface area contributed by atoms with Crippen molar-refractivity contribution in [3.05, 3.63) is 47.8 Å². The third kappa shape index (κ3) is 3.90. The Morgan fingerprint density at radius 3 is 2.62 bits per heavy atom. The first-order chi connectivity index (χ1) is 10.1. The van der Waals surface area contributed by atoms with Gasteiger partial charge in [-0.3, -0.25) is 14.3 Å². The van der Waals surface area contributed by atoms with Crippen molar-refractivity contribution in [3.8, 4) is 0 Å². The number of hydrogen-bond donors (Lipinski definition) is 3. The Bertz CT molecular complexity index is 633. The topological polar surface area (TPSA) is 102 Å². The Labute approximate surface area is 122 Å². The number of nitrogens with zero attached hydrogens (tertiary/aromatic N) is 2. The Hall–Kier alpha value is -2.67. The maximum absolute atomic E-state index is 12.0. The predicted molar refractivity (Wildman–Crippen MR) is 78.6 cm³/mol. The van der Waals surface area contributed by atoms with E-state index in [-0.39, 0.29) is 18.4 Å². The zero-order chi connectivity index (χ0) is 15.2. The number of aromatic nitrogens is 2. The van der Waals surface area contributed by atoms with Crippen LogP contribution in [0.2, 0.25) is 0 Å². The average molecular weight is 287 g/mol. The molecular formula is C14H17N5O2. The fourth-order valence-corrected chi connectivity index (χ4v) is 1.74. The molecule has 0 bridgehead atoms. The molecule has 0 fully saturated rings. The molecule has 1 aromatic carbocycles. The molecule has 7 heteroatoms. The van der Waals surface area contributed by atoms with Crippen LogP contribution < -0.4 is 16.4 Å². The van der Waals surface area contributed by atoms with Gasteiger partial charge in [0.25, 0.3) is 5.91 Å². The number of hydrogen-bond acceptors (Lipinski definition) is 4. The molecule has 0 aliphatic carbocycles. The fraction of sp³-hybridized carbons (Fsp3) is 0.214. The van der Waals surface area contributed by atoms with Crippen LogP contribution in [0.5, 0.6) is 0 Å².